The molecule has 1 atom stereocenters. The van der Waals surface area contributed by atoms with Gasteiger partial charge < -0.3 is 0 Å². The summed E-state index contributed by atoms with van der Waals surface area (Å²) < 4.78 is 0. The lowest BCUT2D eigenvalue weighted by molar-refractivity contribution is -0.123. The van der Waals surface area contributed by atoms with Crippen LogP contribution in [0, 0.1) is 0 Å². The monoisotopic (exact) mass is 140 g/mol. The average Bonchev–Trinajstić information content (AvgIpc) is 2.36. The van der Waals surface area contributed by atoms with Crippen LogP contribution >= 0.6 is 0 Å². The highest BCUT2D eigenvalue weighted by Gasteiger charge is 2.31. The molecule has 2 heterocycles. The summed E-state index contributed by atoms with van der Waals surface area (Å²) in [6.07, 6.45) is 1.40. The number of aliphatic imine (C=N–C) groups is 1. The standard InChI is InChI=1S/C5H8N4O/c10-5-4-8-7-3-9(4)2-1-6-5/h1,4,7-8H,2-3H2. The molecule has 1 unspecified atom stereocenters. The Hall–Kier alpha value is -0.780. The molecule has 0 aromatic rings. The van der Waals surface area contributed by atoms with Crippen LogP contribution in [-0.4, -0.2) is 36.4 Å². The van der Waals surface area contributed by atoms with Crippen molar-refractivity contribution in [2.75, 3.05) is 13.2 Å². The maximum absolute atomic E-state index is 10.9. The van der Waals surface area contributed by atoms with E-state index in [0.29, 0.717) is 6.67 Å². The molecule has 5 heteroatoms. The first-order valence-corrected chi connectivity index (χ1v) is 3.17. The van der Waals surface area contributed by atoms with Crippen LogP contribution < -0.4 is 10.9 Å². The van der Waals surface area contributed by atoms with Gasteiger partial charge in [0.15, 0.2) is 6.17 Å². The molecule has 0 aliphatic carbocycles. The Morgan fingerprint density at radius 3 is 3.50 bits per heavy atom. The van der Waals surface area contributed by atoms with Crippen molar-refractivity contribution < 1.29 is 4.79 Å². The molecule has 1 amide bonds. The van der Waals surface area contributed by atoms with E-state index in [1.807, 2.05) is 4.90 Å². The first-order valence-electron chi connectivity index (χ1n) is 3.17. The molecule has 0 bridgehead atoms. The lowest BCUT2D eigenvalue weighted by Crippen LogP contribution is -2.46. The van der Waals surface area contributed by atoms with Crippen LogP contribution in [0.4, 0.5) is 0 Å². The average molecular weight is 140 g/mol. The first-order chi connectivity index (χ1) is 4.88. The van der Waals surface area contributed by atoms with E-state index in [-0.39, 0.29) is 12.1 Å². The van der Waals surface area contributed by atoms with Gasteiger partial charge in [-0.25, -0.2) is 15.8 Å². The van der Waals surface area contributed by atoms with Crippen molar-refractivity contribution in [3.05, 3.63) is 0 Å². The van der Waals surface area contributed by atoms with Gasteiger partial charge in [-0.2, -0.15) is 0 Å². The van der Waals surface area contributed by atoms with Gasteiger partial charge in [-0.1, -0.05) is 0 Å². The predicted molar refractivity (Wildman–Crippen MR) is 35.1 cm³/mol. The molecule has 2 N–H and O–H groups in total. The summed E-state index contributed by atoms with van der Waals surface area (Å²) in [4.78, 5) is 16.6. The van der Waals surface area contributed by atoms with E-state index in [9.17, 15) is 4.79 Å². The Morgan fingerprint density at radius 1 is 1.80 bits per heavy atom. The summed E-state index contributed by atoms with van der Waals surface area (Å²) in [7, 11) is 0. The van der Waals surface area contributed by atoms with Gasteiger partial charge in [-0.3, -0.25) is 9.69 Å². The summed E-state index contributed by atoms with van der Waals surface area (Å²) in [6, 6.07) is 0. The molecule has 0 radical (unpaired) electrons. The van der Waals surface area contributed by atoms with Gasteiger partial charge in [-0.05, 0) is 0 Å². The number of hydrogen-bond acceptors (Lipinski definition) is 4. The zero-order valence-corrected chi connectivity index (χ0v) is 5.37. The summed E-state index contributed by atoms with van der Waals surface area (Å²) in [5.41, 5.74) is 5.69. The maximum Gasteiger partial charge on any atom is 0.278 e. The fourth-order valence-corrected chi connectivity index (χ4v) is 1.12. The third-order valence-electron chi connectivity index (χ3n) is 1.65. The van der Waals surface area contributed by atoms with Crippen molar-refractivity contribution in [1.82, 2.24) is 15.8 Å². The number of rotatable bonds is 0. The van der Waals surface area contributed by atoms with E-state index in [4.69, 9.17) is 0 Å². The highest BCUT2D eigenvalue weighted by atomic mass is 16.2. The van der Waals surface area contributed by atoms with Crippen LogP contribution in [0.5, 0.6) is 0 Å². The Balaban J connectivity index is 2.20. The minimum absolute atomic E-state index is 0.115. The highest BCUT2D eigenvalue weighted by molar-refractivity contribution is 5.91. The predicted octanol–water partition coefficient (Wildman–Crippen LogP) is -1.71. The second kappa shape index (κ2) is 2.12. The number of amides is 1. The Bertz CT molecular complexity index is 190. The molecular formula is C5H8N4O. The zero-order valence-electron chi connectivity index (χ0n) is 5.37. The maximum atomic E-state index is 10.9. The van der Waals surface area contributed by atoms with Crippen LogP contribution in [0.3, 0.4) is 0 Å². The van der Waals surface area contributed by atoms with Crippen LogP contribution in [0.15, 0.2) is 4.99 Å². The topological polar surface area (TPSA) is 56.7 Å². The Kier molecular flexibility index (Phi) is 1.26. The van der Waals surface area contributed by atoms with Crippen molar-refractivity contribution in [3.63, 3.8) is 0 Å². The number of fused-ring (bicyclic) bond motifs is 1. The zero-order chi connectivity index (χ0) is 6.97. The smallest absolute Gasteiger partial charge is 0.269 e. The number of hydrazine groups is 1. The fourth-order valence-electron chi connectivity index (χ4n) is 1.12. The molecule has 0 aromatic heterocycles. The lowest BCUT2D eigenvalue weighted by Gasteiger charge is -2.20. The van der Waals surface area contributed by atoms with Crippen molar-refractivity contribution in [3.8, 4) is 0 Å². The molecular weight excluding hydrogens is 132 g/mol. The SMILES string of the molecule is O=C1N=CCN2CNNC12. The number of hydrogen-bond donors (Lipinski definition) is 2. The van der Waals surface area contributed by atoms with E-state index >= 15 is 0 Å². The molecule has 54 valence electrons. The van der Waals surface area contributed by atoms with Crippen molar-refractivity contribution >= 4 is 12.1 Å². The number of nitrogens with zero attached hydrogens (tertiary/aromatic N) is 2. The normalized spacial score (nSPS) is 32.8. The van der Waals surface area contributed by atoms with E-state index in [1.165, 1.54) is 0 Å². The number of carbonyl (C=O) groups is 1. The molecule has 1 fully saturated rings. The molecule has 2 aliphatic heterocycles. The molecule has 10 heavy (non-hydrogen) atoms. The molecule has 1 saturated heterocycles. The second-order valence-electron chi connectivity index (χ2n) is 2.30. The lowest BCUT2D eigenvalue weighted by atomic mass is 10.4. The first kappa shape index (κ1) is 5.96. The third-order valence-corrected chi connectivity index (χ3v) is 1.65. The van der Waals surface area contributed by atoms with Gasteiger partial charge in [0.2, 0.25) is 0 Å². The van der Waals surface area contributed by atoms with Crippen LogP contribution in [-0.2, 0) is 4.79 Å². The number of nitrogens with one attached hydrogen (secondary N) is 2. The van der Waals surface area contributed by atoms with Crippen LogP contribution in [0.2, 0.25) is 0 Å². The summed E-state index contributed by atoms with van der Waals surface area (Å²) in [6.45, 7) is 1.46. The molecule has 0 saturated carbocycles. The van der Waals surface area contributed by atoms with E-state index < -0.39 is 0 Å². The molecule has 2 aliphatic rings. The van der Waals surface area contributed by atoms with Gasteiger partial charge in [0.1, 0.15) is 0 Å². The minimum Gasteiger partial charge on any atom is -0.269 e. The molecule has 2 rings (SSSR count). The Labute approximate surface area is 58.1 Å². The second-order valence-corrected chi connectivity index (χ2v) is 2.30. The van der Waals surface area contributed by atoms with Gasteiger partial charge in [0.25, 0.3) is 5.91 Å². The summed E-state index contributed by atoms with van der Waals surface area (Å²) >= 11 is 0. The van der Waals surface area contributed by atoms with Crippen molar-refractivity contribution in [1.29, 1.82) is 0 Å². The molecule has 5 nitrogen and oxygen atoms in total. The van der Waals surface area contributed by atoms with Crippen LogP contribution in [0.1, 0.15) is 0 Å². The highest BCUT2D eigenvalue weighted by Crippen LogP contribution is 2.03. The largest absolute Gasteiger partial charge is 0.278 e. The van der Waals surface area contributed by atoms with Crippen LogP contribution in [0.25, 0.3) is 0 Å². The van der Waals surface area contributed by atoms with Gasteiger partial charge in [-0.15, -0.1) is 0 Å². The van der Waals surface area contributed by atoms with Gasteiger partial charge in [0, 0.05) is 12.8 Å². The quantitative estimate of drug-likeness (QED) is 0.420. The van der Waals surface area contributed by atoms with E-state index in [1.54, 1.807) is 6.21 Å². The van der Waals surface area contributed by atoms with E-state index in [0.717, 1.165) is 6.54 Å². The number of carbonyl (C=O) groups excluding carboxylic acids is 1. The fraction of sp³-hybridized carbons (Fsp3) is 0.600. The van der Waals surface area contributed by atoms with E-state index in [2.05, 4.69) is 15.8 Å². The molecule has 0 spiro atoms. The van der Waals surface area contributed by atoms with Gasteiger partial charge >= 0.3 is 0 Å². The van der Waals surface area contributed by atoms with Crippen molar-refractivity contribution in [2.24, 2.45) is 4.99 Å². The van der Waals surface area contributed by atoms with Gasteiger partial charge in [0.05, 0.1) is 6.67 Å². The minimum atomic E-state index is -0.231. The van der Waals surface area contributed by atoms with Crippen molar-refractivity contribution in [2.45, 2.75) is 6.17 Å². The Morgan fingerprint density at radius 2 is 2.70 bits per heavy atom. The third kappa shape index (κ3) is 0.756. The summed E-state index contributed by atoms with van der Waals surface area (Å²) in [5, 5.41) is 0. The molecule has 0 aromatic carbocycles. The summed E-state index contributed by atoms with van der Waals surface area (Å²) in [5.74, 6) is -0.115.